The van der Waals surface area contributed by atoms with E-state index in [1.54, 1.807) is 7.11 Å². The third kappa shape index (κ3) is 4.94. The van der Waals surface area contributed by atoms with E-state index in [2.05, 4.69) is 25.9 Å². The number of carbonyl (C=O) groups is 1. The first-order valence-electron chi connectivity index (χ1n) is 8.42. The second-order valence-electron chi connectivity index (χ2n) is 6.00. The zero-order valence-electron chi connectivity index (χ0n) is 15.4. The minimum absolute atomic E-state index is 0.103. The molecule has 3 rings (SSSR count). The first-order chi connectivity index (χ1) is 13.0. The van der Waals surface area contributed by atoms with Gasteiger partial charge in [0.25, 0.3) is 0 Å². The Morgan fingerprint density at radius 3 is 2.26 bits per heavy atom. The maximum Gasteiger partial charge on any atom is 0.221 e. The summed E-state index contributed by atoms with van der Waals surface area (Å²) in [6.45, 7) is 3.49. The first kappa shape index (κ1) is 18.2. The summed E-state index contributed by atoms with van der Waals surface area (Å²) in [5.41, 5.74) is 3.54. The van der Waals surface area contributed by atoms with Crippen LogP contribution in [0.4, 0.5) is 28.7 Å². The molecule has 1 heterocycles. The second-order valence-corrected chi connectivity index (χ2v) is 6.00. The molecule has 0 saturated carbocycles. The molecule has 1 aromatic heterocycles. The lowest BCUT2D eigenvalue weighted by atomic mass is 10.2. The summed E-state index contributed by atoms with van der Waals surface area (Å²) in [5, 5.41) is 9.21. The molecule has 1 amide bonds. The highest BCUT2D eigenvalue weighted by Gasteiger charge is 2.06. The van der Waals surface area contributed by atoms with Crippen LogP contribution >= 0.6 is 0 Å². The van der Waals surface area contributed by atoms with Crippen molar-refractivity contribution in [2.75, 3.05) is 23.1 Å². The third-order valence-electron chi connectivity index (χ3n) is 3.76. The van der Waals surface area contributed by atoms with Gasteiger partial charge in [-0.15, -0.1) is 0 Å². The Hall–Kier alpha value is -3.61. The molecule has 27 heavy (non-hydrogen) atoms. The van der Waals surface area contributed by atoms with Crippen molar-refractivity contribution in [2.24, 2.45) is 0 Å². The van der Waals surface area contributed by atoms with Crippen molar-refractivity contribution in [3.05, 3.63) is 60.4 Å². The van der Waals surface area contributed by atoms with E-state index in [-0.39, 0.29) is 5.91 Å². The molecule has 7 nitrogen and oxygen atoms in total. The molecule has 0 aliphatic heterocycles. The lowest BCUT2D eigenvalue weighted by Gasteiger charge is -2.12. The summed E-state index contributed by atoms with van der Waals surface area (Å²) >= 11 is 0. The second kappa shape index (κ2) is 8.18. The highest BCUT2D eigenvalue weighted by atomic mass is 16.5. The molecular weight excluding hydrogens is 342 g/mol. The molecule has 0 bridgehead atoms. The van der Waals surface area contributed by atoms with E-state index in [4.69, 9.17) is 4.74 Å². The van der Waals surface area contributed by atoms with Crippen molar-refractivity contribution in [1.82, 2.24) is 9.97 Å². The van der Waals surface area contributed by atoms with E-state index in [9.17, 15) is 4.79 Å². The standard InChI is InChI=1S/C20H21N5O2/c1-13-4-9-18(27-3)17(10-13)25-20-11-19(21-12-22-20)24-16-7-5-15(6-8-16)23-14(2)26/h4-12H,1-3H3,(H,23,26)(H2,21,22,24,25). The van der Waals surface area contributed by atoms with Crippen LogP contribution in [0.2, 0.25) is 0 Å². The molecule has 0 atom stereocenters. The highest BCUT2D eigenvalue weighted by molar-refractivity contribution is 5.88. The van der Waals surface area contributed by atoms with Crippen LogP contribution in [-0.4, -0.2) is 23.0 Å². The van der Waals surface area contributed by atoms with Crippen molar-refractivity contribution in [3.8, 4) is 5.75 Å². The van der Waals surface area contributed by atoms with Gasteiger partial charge < -0.3 is 20.7 Å². The fourth-order valence-electron chi connectivity index (χ4n) is 2.54. The average molecular weight is 363 g/mol. The molecule has 0 aliphatic rings. The number of methoxy groups -OCH3 is 1. The molecule has 3 N–H and O–H groups in total. The Labute approximate surface area is 157 Å². The van der Waals surface area contributed by atoms with Crippen LogP contribution in [0.25, 0.3) is 0 Å². The number of nitrogens with one attached hydrogen (secondary N) is 3. The number of amides is 1. The van der Waals surface area contributed by atoms with E-state index in [1.165, 1.54) is 13.3 Å². The Morgan fingerprint density at radius 1 is 0.926 bits per heavy atom. The number of rotatable bonds is 6. The number of ether oxygens (including phenoxy) is 1. The van der Waals surface area contributed by atoms with Crippen LogP contribution in [0, 0.1) is 6.92 Å². The molecule has 3 aromatic rings. The van der Waals surface area contributed by atoms with Crippen LogP contribution < -0.4 is 20.7 Å². The number of hydrogen-bond donors (Lipinski definition) is 3. The summed E-state index contributed by atoms with van der Waals surface area (Å²) in [6.07, 6.45) is 1.48. The molecule has 2 aromatic carbocycles. The minimum Gasteiger partial charge on any atom is -0.495 e. The van der Waals surface area contributed by atoms with Gasteiger partial charge in [0.15, 0.2) is 0 Å². The number of benzene rings is 2. The van der Waals surface area contributed by atoms with E-state index >= 15 is 0 Å². The SMILES string of the molecule is COc1ccc(C)cc1Nc1cc(Nc2ccc(NC(C)=O)cc2)ncn1. The van der Waals surface area contributed by atoms with Gasteiger partial charge in [0.1, 0.15) is 23.7 Å². The Kier molecular flexibility index (Phi) is 5.51. The monoisotopic (exact) mass is 363 g/mol. The topological polar surface area (TPSA) is 88.2 Å². The third-order valence-corrected chi connectivity index (χ3v) is 3.76. The zero-order chi connectivity index (χ0) is 19.2. The zero-order valence-corrected chi connectivity index (χ0v) is 15.4. The first-order valence-corrected chi connectivity index (χ1v) is 8.42. The van der Waals surface area contributed by atoms with Gasteiger partial charge in [-0.3, -0.25) is 4.79 Å². The number of carbonyl (C=O) groups excluding carboxylic acids is 1. The smallest absolute Gasteiger partial charge is 0.221 e. The van der Waals surface area contributed by atoms with Crippen molar-refractivity contribution in [2.45, 2.75) is 13.8 Å². The van der Waals surface area contributed by atoms with Gasteiger partial charge in [-0.05, 0) is 48.9 Å². The van der Waals surface area contributed by atoms with Gasteiger partial charge in [-0.25, -0.2) is 9.97 Å². The molecule has 0 aliphatic carbocycles. The predicted molar refractivity (Wildman–Crippen MR) is 107 cm³/mol. The van der Waals surface area contributed by atoms with Crippen molar-refractivity contribution >= 4 is 34.6 Å². The molecule has 0 saturated heterocycles. The Bertz CT molecular complexity index is 941. The molecule has 0 radical (unpaired) electrons. The van der Waals surface area contributed by atoms with E-state index in [0.717, 1.165) is 28.4 Å². The highest BCUT2D eigenvalue weighted by Crippen LogP contribution is 2.28. The summed E-state index contributed by atoms with van der Waals surface area (Å²) in [6, 6.07) is 15.1. The fourth-order valence-corrected chi connectivity index (χ4v) is 2.54. The molecular formula is C20H21N5O2. The predicted octanol–water partition coefficient (Wildman–Crippen LogP) is 4.24. The van der Waals surface area contributed by atoms with Crippen LogP contribution in [0.15, 0.2) is 54.9 Å². The lowest BCUT2D eigenvalue weighted by molar-refractivity contribution is -0.114. The van der Waals surface area contributed by atoms with Gasteiger partial charge in [0.2, 0.25) is 5.91 Å². The minimum atomic E-state index is -0.103. The number of hydrogen-bond acceptors (Lipinski definition) is 6. The van der Waals surface area contributed by atoms with Gasteiger partial charge >= 0.3 is 0 Å². The molecule has 7 heteroatoms. The molecule has 0 unspecified atom stereocenters. The summed E-state index contributed by atoms with van der Waals surface area (Å²) in [5.74, 6) is 1.92. The number of aromatic nitrogens is 2. The summed E-state index contributed by atoms with van der Waals surface area (Å²) in [7, 11) is 1.63. The Balaban J connectivity index is 1.74. The normalized spacial score (nSPS) is 10.2. The van der Waals surface area contributed by atoms with Gasteiger partial charge in [-0.1, -0.05) is 6.07 Å². The maximum atomic E-state index is 11.1. The number of aryl methyl sites for hydroxylation is 1. The average Bonchev–Trinajstić information content (AvgIpc) is 2.63. The van der Waals surface area contributed by atoms with E-state index < -0.39 is 0 Å². The van der Waals surface area contributed by atoms with Crippen LogP contribution in [-0.2, 0) is 4.79 Å². The van der Waals surface area contributed by atoms with E-state index in [1.807, 2.05) is 55.5 Å². The van der Waals surface area contributed by atoms with Crippen molar-refractivity contribution in [3.63, 3.8) is 0 Å². The fraction of sp³-hybridized carbons (Fsp3) is 0.150. The number of nitrogens with zero attached hydrogens (tertiary/aromatic N) is 2. The van der Waals surface area contributed by atoms with Gasteiger partial charge in [-0.2, -0.15) is 0 Å². The Morgan fingerprint density at radius 2 is 1.59 bits per heavy atom. The van der Waals surface area contributed by atoms with Crippen molar-refractivity contribution in [1.29, 1.82) is 0 Å². The maximum absolute atomic E-state index is 11.1. The largest absolute Gasteiger partial charge is 0.495 e. The number of anilines is 5. The summed E-state index contributed by atoms with van der Waals surface area (Å²) in [4.78, 5) is 19.6. The molecule has 0 spiro atoms. The van der Waals surface area contributed by atoms with Gasteiger partial charge in [0, 0.05) is 24.4 Å². The van der Waals surface area contributed by atoms with Crippen LogP contribution in [0.1, 0.15) is 12.5 Å². The molecule has 0 fully saturated rings. The van der Waals surface area contributed by atoms with E-state index in [0.29, 0.717) is 11.6 Å². The molecule has 138 valence electrons. The van der Waals surface area contributed by atoms with Crippen LogP contribution in [0.5, 0.6) is 5.75 Å². The summed E-state index contributed by atoms with van der Waals surface area (Å²) < 4.78 is 5.39. The van der Waals surface area contributed by atoms with Gasteiger partial charge in [0.05, 0.1) is 12.8 Å². The lowest BCUT2D eigenvalue weighted by Crippen LogP contribution is -2.05. The van der Waals surface area contributed by atoms with Crippen molar-refractivity contribution < 1.29 is 9.53 Å². The quantitative estimate of drug-likeness (QED) is 0.607. The van der Waals surface area contributed by atoms with Crippen LogP contribution in [0.3, 0.4) is 0 Å².